The molecular weight excluding hydrogens is 598 g/mol. The minimum absolute atomic E-state index is 0.225. The molecule has 0 N–H and O–H groups in total. The van der Waals surface area contributed by atoms with Gasteiger partial charge in [0.15, 0.2) is 9.89 Å². The predicted octanol–water partition coefficient (Wildman–Crippen LogP) is 5.37. The number of nitrogens with zero attached hydrogens (tertiary/aromatic N) is 3. The van der Waals surface area contributed by atoms with Crippen molar-refractivity contribution in [1.29, 1.82) is 0 Å². The maximum absolute atomic E-state index is 13.8. The Kier molecular flexibility index (Phi) is 7.97. The van der Waals surface area contributed by atoms with Gasteiger partial charge in [0, 0.05) is 30.8 Å². The van der Waals surface area contributed by atoms with E-state index in [4.69, 9.17) is 9.15 Å². The first kappa shape index (κ1) is 27.2. The predicted molar refractivity (Wildman–Crippen MR) is 158 cm³/mol. The molecule has 0 radical (unpaired) electrons. The van der Waals surface area contributed by atoms with Gasteiger partial charge in [-0.05, 0) is 65.7 Å². The van der Waals surface area contributed by atoms with Gasteiger partial charge in [-0.1, -0.05) is 53.4 Å². The Hall–Kier alpha value is -3.34. The van der Waals surface area contributed by atoms with Crippen LogP contribution in [0.25, 0.3) is 6.08 Å². The maximum atomic E-state index is 13.8. The standard InChI is InChI=1S/C29H26BrN3O4S2/c1-5-36-27(35)24-17(2)31-29-33(25(24)18-11-13-19(14-12-18)32(3)4)26(34)23(39-29)16-20-15-22(30)28(37-20)38-21-9-7-6-8-10-21/h6-16,25H,5H2,1-4H3/b23-16+/t25-/m1/s1. The number of carbonyl (C=O) groups is 1. The summed E-state index contributed by atoms with van der Waals surface area (Å²) in [6.07, 6.45) is 1.72. The number of rotatable bonds is 7. The second-order valence-electron chi connectivity index (χ2n) is 8.99. The van der Waals surface area contributed by atoms with Crippen LogP contribution >= 0.6 is 39.0 Å². The van der Waals surface area contributed by atoms with Crippen molar-refractivity contribution in [3.63, 3.8) is 0 Å². The fourth-order valence-electron chi connectivity index (χ4n) is 4.30. The van der Waals surface area contributed by atoms with Gasteiger partial charge < -0.3 is 14.1 Å². The number of ether oxygens (including phenoxy) is 1. The molecule has 39 heavy (non-hydrogen) atoms. The molecule has 0 bridgehead atoms. The number of carbonyl (C=O) groups excluding carboxylic acids is 1. The van der Waals surface area contributed by atoms with Crippen molar-refractivity contribution in [2.75, 3.05) is 25.6 Å². The first-order valence-electron chi connectivity index (χ1n) is 12.3. The molecule has 200 valence electrons. The van der Waals surface area contributed by atoms with Crippen LogP contribution in [0.1, 0.15) is 31.2 Å². The third-order valence-electron chi connectivity index (χ3n) is 6.14. The van der Waals surface area contributed by atoms with Crippen molar-refractivity contribution >= 4 is 56.8 Å². The van der Waals surface area contributed by atoms with Crippen LogP contribution in [0.2, 0.25) is 0 Å². The van der Waals surface area contributed by atoms with E-state index in [0.717, 1.165) is 20.6 Å². The van der Waals surface area contributed by atoms with Crippen LogP contribution in [0.4, 0.5) is 5.69 Å². The van der Waals surface area contributed by atoms with Crippen molar-refractivity contribution in [2.24, 2.45) is 4.99 Å². The molecule has 0 amide bonds. The monoisotopic (exact) mass is 623 g/mol. The van der Waals surface area contributed by atoms with Crippen LogP contribution in [0.3, 0.4) is 0 Å². The molecule has 2 aromatic carbocycles. The van der Waals surface area contributed by atoms with Crippen molar-refractivity contribution in [3.05, 3.63) is 107 Å². The molecule has 1 aliphatic heterocycles. The Morgan fingerprint density at radius 1 is 1.21 bits per heavy atom. The average Bonchev–Trinajstić information content (AvgIpc) is 3.41. The van der Waals surface area contributed by atoms with E-state index in [1.807, 2.05) is 79.7 Å². The number of benzene rings is 2. The zero-order valence-corrected chi connectivity index (χ0v) is 25.0. The average molecular weight is 625 g/mol. The third kappa shape index (κ3) is 5.54. The summed E-state index contributed by atoms with van der Waals surface area (Å²) in [5.41, 5.74) is 2.45. The zero-order chi connectivity index (χ0) is 27.7. The molecule has 1 aliphatic rings. The molecule has 0 saturated heterocycles. The van der Waals surface area contributed by atoms with E-state index in [1.54, 1.807) is 24.5 Å². The highest BCUT2D eigenvalue weighted by Crippen LogP contribution is 2.36. The molecule has 0 saturated carbocycles. The second kappa shape index (κ2) is 11.4. The van der Waals surface area contributed by atoms with Gasteiger partial charge in [-0.25, -0.2) is 9.79 Å². The number of furan rings is 1. The summed E-state index contributed by atoms with van der Waals surface area (Å²) >= 11 is 6.33. The number of allylic oxidation sites excluding steroid dienone is 1. The third-order valence-corrected chi connectivity index (χ3v) is 8.97. The fourth-order valence-corrected chi connectivity index (χ4v) is 6.67. The highest BCUT2D eigenvalue weighted by atomic mass is 79.9. The topological polar surface area (TPSA) is 77.0 Å². The van der Waals surface area contributed by atoms with Gasteiger partial charge in [-0.15, -0.1) is 0 Å². The van der Waals surface area contributed by atoms with E-state index < -0.39 is 12.0 Å². The molecule has 0 aliphatic carbocycles. The van der Waals surface area contributed by atoms with E-state index in [1.165, 1.54) is 23.1 Å². The Balaban J connectivity index is 1.61. The quantitative estimate of drug-likeness (QED) is 0.258. The highest BCUT2D eigenvalue weighted by Gasteiger charge is 2.33. The number of hydrogen-bond acceptors (Lipinski definition) is 8. The first-order valence-corrected chi connectivity index (χ1v) is 14.7. The molecule has 3 heterocycles. The summed E-state index contributed by atoms with van der Waals surface area (Å²) in [5.74, 6) is 0.0612. The normalized spacial score (nSPS) is 15.2. The summed E-state index contributed by atoms with van der Waals surface area (Å²) in [5, 5.41) is 0.694. The minimum Gasteiger partial charge on any atom is -0.463 e. The first-order chi connectivity index (χ1) is 18.8. The number of hydrogen-bond donors (Lipinski definition) is 0. The maximum Gasteiger partial charge on any atom is 0.338 e. The van der Waals surface area contributed by atoms with Crippen molar-refractivity contribution in [2.45, 2.75) is 29.9 Å². The fraction of sp³-hybridized carbons (Fsp3) is 0.207. The molecule has 4 aromatic rings. The second-order valence-corrected chi connectivity index (χ2v) is 11.9. The van der Waals surface area contributed by atoms with Gasteiger partial charge in [0.25, 0.3) is 5.56 Å². The number of halogens is 1. The van der Waals surface area contributed by atoms with Crippen LogP contribution in [0.5, 0.6) is 0 Å². The van der Waals surface area contributed by atoms with E-state index in [-0.39, 0.29) is 12.2 Å². The molecule has 10 heteroatoms. The zero-order valence-electron chi connectivity index (χ0n) is 21.8. The highest BCUT2D eigenvalue weighted by molar-refractivity contribution is 9.10. The molecule has 0 unspecified atom stereocenters. The van der Waals surface area contributed by atoms with Gasteiger partial charge in [-0.3, -0.25) is 9.36 Å². The number of esters is 1. The molecular formula is C29H26BrN3O4S2. The van der Waals surface area contributed by atoms with Crippen LogP contribution in [-0.2, 0) is 9.53 Å². The van der Waals surface area contributed by atoms with Gasteiger partial charge in [0.1, 0.15) is 5.76 Å². The van der Waals surface area contributed by atoms with Crippen molar-refractivity contribution < 1.29 is 13.9 Å². The van der Waals surface area contributed by atoms with E-state index in [0.29, 0.717) is 31.5 Å². The lowest BCUT2D eigenvalue weighted by Gasteiger charge is -2.25. The summed E-state index contributed by atoms with van der Waals surface area (Å²) < 4.78 is 14.3. The van der Waals surface area contributed by atoms with Crippen molar-refractivity contribution in [3.8, 4) is 0 Å². The van der Waals surface area contributed by atoms with Gasteiger partial charge in [-0.2, -0.15) is 0 Å². The summed E-state index contributed by atoms with van der Waals surface area (Å²) in [6, 6.07) is 18.9. The Morgan fingerprint density at radius 3 is 2.59 bits per heavy atom. The van der Waals surface area contributed by atoms with Crippen LogP contribution in [0.15, 0.2) is 101 Å². The molecule has 7 nitrogen and oxygen atoms in total. The van der Waals surface area contributed by atoms with Crippen LogP contribution in [0, 0.1) is 0 Å². The number of anilines is 1. The lowest BCUT2D eigenvalue weighted by atomic mass is 9.95. The molecule has 0 spiro atoms. The Bertz CT molecular complexity index is 1740. The number of thiazole rings is 1. The largest absolute Gasteiger partial charge is 0.463 e. The Labute approximate surface area is 242 Å². The van der Waals surface area contributed by atoms with E-state index >= 15 is 0 Å². The summed E-state index contributed by atoms with van der Waals surface area (Å²) in [6.45, 7) is 3.76. The molecule has 0 fully saturated rings. The molecule has 2 aromatic heterocycles. The lowest BCUT2D eigenvalue weighted by molar-refractivity contribution is -0.139. The SMILES string of the molecule is CCOC(=O)C1=C(C)N=c2s/c(=C/c3cc(Br)c(Sc4ccccc4)o3)c(=O)n2[C@@H]1c1ccc(N(C)C)cc1. The smallest absolute Gasteiger partial charge is 0.338 e. The summed E-state index contributed by atoms with van der Waals surface area (Å²) in [4.78, 5) is 35.1. The van der Waals surface area contributed by atoms with E-state index in [2.05, 4.69) is 20.9 Å². The van der Waals surface area contributed by atoms with Gasteiger partial charge >= 0.3 is 5.97 Å². The Morgan fingerprint density at radius 2 is 1.92 bits per heavy atom. The number of fused-ring (bicyclic) bond motifs is 1. The van der Waals surface area contributed by atoms with Crippen molar-refractivity contribution in [1.82, 2.24) is 4.57 Å². The van der Waals surface area contributed by atoms with Gasteiger partial charge in [0.2, 0.25) is 0 Å². The molecule has 1 atom stereocenters. The minimum atomic E-state index is -0.661. The van der Waals surface area contributed by atoms with E-state index in [9.17, 15) is 9.59 Å². The number of aromatic nitrogens is 1. The lowest BCUT2D eigenvalue weighted by Crippen LogP contribution is -2.39. The molecule has 5 rings (SSSR count). The van der Waals surface area contributed by atoms with Crippen LogP contribution < -0.4 is 19.8 Å². The van der Waals surface area contributed by atoms with Crippen LogP contribution in [-0.4, -0.2) is 31.2 Å². The summed E-state index contributed by atoms with van der Waals surface area (Å²) in [7, 11) is 3.92. The van der Waals surface area contributed by atoms with Gasteiger partial charge in [0.05, 0.1) is 32.9 Å².